The number of hydrogen-bond acceptors (Lipinski definition) is 5. The van der Waals surface area contributed by atoms with Gasteiger partial charge in [0.1, 0.15) is 0 Å². The van der Waals surface area contributed by atoms with Crippen LogP contribution in [0.25, 0.3) is 0 Å². The predicted molar refractivity (Wildman–Crippen MR) is 83.5 cm³/mol. The van der Waals surface area contributed by atoms with Crippen LogP contribution in [0.1, 0.15) is 35.8 Å². The summed E-state index contributed by atoms with van der Waals surface area (Å²) in [6, 6.07) is 6.88. The summed E-state index contributed by atoms with van der Waals surface area (Å²) in [7, 11) is 0. The summed E-state index contributed by atoms with van der Waals surface area (Å²) in [5.74, 6) is 0. The van der Waals surface area contributed by atoms with Gasteiger partial charge in [0, 0.05) is 24.2 Å². The first kappa shape index (κ1) is 15.6. The highest BCUT2D eigenvalue weighted by molar-refractivity contribution is 7.07. The van der Waals surface area contributed by atoms with Crippen LogP contribution in [0.3, 0.4) is 0 Å². The Kier molecular flexibility index (Phi) is 5.06. The quantitative estimate of drug-likeness (QED) is 0.634. The molecule has 2 N–H and O–H groups in total. The van der Waals surface area contributed by atoms with Gasteiger partial charge in [0.2, 0.25) is 0 Å². The van der Waals surface area contributed by atoms with E-state index in [4.69, 9.17) is 0 Å². The summed E-state index contributed by atoms with van der Waals surface area (Å²) in [5, 5.41) is 28.1. The third-order valence-electron chi connectivity index (χ3n) is 3.56. The lowest BCUT2D eigenvalue weighted by molar-refractivity contribution is -0.385. The first-order valence-corrected chi connectivity index (χ1v) is 7.62. The number of nitro groups is 1. The Morgan fingerprint density at radius 1 is 1.43 bits per heavy atom. The summed E-state index contributed by atoms with van der Waals surface area (Å²) in [4.78, 5) is 10.6. The number of nitrogens with one attached hydrogen (secondary N) is 1. The lowest BCUT2D eigenvalue weighted by atomic mass is 10.0. The van der Waals surface area contributed by atoms with Crippen molar-refractivity contribution < 1.29 is 10.0 Å². The SMILES string of the molecule is Cc1c(C(C)NCC(O)c2ccsc2)cccc1[N+](=O)[O-]. The first-order valence-electron chi connectivity index (χ1n) is 6.68. The van der Waals surface area contributed by atoms with E-state index in [9.17, 15) is 15.2 Å². The predicted octanol–water partition coefficient (Wildman–Crippen LogP) is 3.35. The molecule has 2 atom stereocenters. The molecule has 2 rings (SSSR count). The molecule has 0 saturated carbocycles. The third kappa shape index (κ3) is 3.66. The smallest absolute Gasteiger partial charge is 0.272 e. The highest BCUT2D eigenvalue weighted by Crippen LogP contribution is 2.26. The number of aliphatic hydroxyl groups excluding tert-OH is 1. The number of hydrogen-bond donors (Lipinski definition) is 2. The first-order chi connectivity index (χ1) is 10.0. The van der Waals surface area contributed by atoms with E-state index in [1.807, 2.05) is 29.8 Å². The van der Waals surface area contributed by atoms with Crippen LogP contribution in [-0.4, -0.2) is 16.6 Å². The molecule has 1 aromatic carbocycles. The van der Waals surface area contributed by atoms with E-state index in [1.54, 1.807) is 24.3 Å². The maximum Gasteiger partial charge on any atom is 0.272 e. The Balaban J connectivity index is 2.05. The molecular weight excluding hydrogens is 288 g/mol. The summed E-state index contributed by atoms with van der Waals surface area (Å²) >= 11 is 1.54. The standard InChI is InChI=1S/C15H18N2O3S/c1-10-13(4-3-5-14(10)17(19)20)11(2)16-8-15(18)12-6-7-21-9-12/h3-7,9,11,15-16,18H,8H2,1-2H3. The zero-order valence-corrected chi connectivity index (χ0v) is 12.8. The minimum absolute atomic E-state index is 0.0711. The molecule has 6 heteroatoms. The van der Waals surface area contributed by atoms with Crippen molar-refractivity contribution in [3.05, 3.63) is 61.8 Å². The van der Waals surface area contributed by atoms with Crippen molar-refractivity contribution in [1.82, 2.24) is 5.32 Å². The fraction of sp³-hybridized carbons (Fsp3) is 0.333. The van der Waals surface area contributed by atoms with Crippen LogP contribution >= 0.6 is 11.3 Å². The zero-order valence-electron chi connectivity index (χ0n) is 11.9. The lowest BCUT2D eigenvalue weighted by Crippen LogP contribution is -2.25. The number of thiophene rings is 1. The molecule has 112 valence electrons. The average molecular weight is 306 g/mol. The molecule has 21 heavy (non-hydrogen) atoms. The minimum atomic E-state index is -0.572. The zero-order chi connectivity index (χ0) is 15.4. The van der Waals surface area contributed by atoms with Gasteiger partial charge in [-0.1, -0.05) is 12.1 Å². The van der Waals surface area contributed by atoms with Crippen LogP contribution in [0.2, 0.25) is 0 Å². The molecule has 1 heterocycles. The highest BCUT2D eigenvalue weighted by atomic mass is 32.1. The van der Waals surface area contributed by atoms with Gasteiger partial charge in [-0.25, -0.2) is 0 Å². The van der Waals surface area contributed by atoms with Crippen molar-refractivity contribution in [2.24, 2.45) is 0 Å². The van der Waals surface area contributed by atoms with Crippen LogP contribution in [0.5, 0.6) is 0 Å². The topological polar surface area (TPSA) is 75.4 Å². The van der Waals surface area contributed by atoms with Crippen LogP contribution < -0.4 is 5.32 Å². The maximum absolute atomic E-state index is 11.0. The molecule has 0 aliphatic carbocycles. The Morgan fingerprint density at radius 2 is 2.19 bits per heavy atom. The Morgan fingerprint density at radius 3 is 2.81 bits per heavy atom. The number of nitrogens with zero attached hydrogens (tertiary/aromatic N) is 1. The second kappa shape index (κ2) is 6.80. The second-order valence-electron chi connectivity index (χ2n) is 4.95. The van der Waals surface area contributed by atoms with Crippen molar-refractivity contribution in [2.75, 3.05) is 6.54 Å². The van der Waals surface area contributed by atoms with E-state index in [0.29, 0.717) is 12.1 Å². The number of nitro benzene ring substituents is 1. The van der Waals surface area contributed by atoms with Gasteiger partial charge in [-0.3, -0.25) is 10.1 Å². The summed E-state index contributed by atoms with van der Waals surface area (Å²) < 4.78 is 0. The van der Waals surface area contributed by atoms with Crippen LogP contribution in [-0.2, 0) is 0 Å². The molecule has 2 unspecified atom stereocenters. The highest BCUT2D eigenvalue weighted by Gasteiger charge is 2.18. The fourth-order valence-corrected chi connectivity index (χ4v) is 3.00. The van der Waals surface area contributed by atoms with Gasteiger partial charge in [0.15, 0.2) is 0 Å². The summed E-state index contributed by atoms with van der Waals surface area (Å²) in [5.41, 5.74) is 2.55. The molecule has 0 aliphatic heterocycles. The van der Waals surface area contributed by atoms with Gasteiger partial charge in [0.05, 0.1) is 11.0 Å². The van der Waals surface area contributed by atoms with E-state index in [0.717, 1.165) is 11.1 Å². The summed E-state index contributed by atoms with van der Waals surface area (Å²) in [6.45, 7) is 4.09. The van der Waals surface area contributed by atoms with E-state index >= 15 is 0 Å². The van der Waals surface area contributed by atoms with Gasteiger partial charge in [-0.2, -0.15) is 11.3 Å². The van der Waals surface area contributed by atoms with Crippen molar-refractivity contribution in [3.63, 3.8) is 0 Å². The van der Waals surface area contributed by atoms with Crippen molar-refractivity contribution in [2.45, 2.75) is 26.0 Å². The van der Waals surface area contributed by atoms with E-state index in [2.05, 4.69) is 5.32 Å². The number of rotatable bonds is 6. The van der Waals surface area contributed by atoms with Crippen molar-refractivity contribution in [3.8, 4) is 0 Å². The van der Waals surface area contributed by atoms with E-state index in [1.165, 1.54) is 6.07 Å². The number of aliphatic hydroxyl groups is 1. The Bertz CT molecular complexity index is 613. The van der Waals surface area contributed by atoms with Gasteiger partial charge >= 0.3 is 0 Å². The van der Waals surface area contributed by atoms with Crippen LogP contribution in [0.15, 0.2) is 35.0 Å². The van der Waals surface area contributed by atoms with Gasteiger partial charge < -0.3 is 10.4 Å². The number of benzene rings is 1. The molecule has 0 radical (unpaired) electrons. The molecule has 0 aliphatic rings. The molecule has 0 spiro atoms. The average Bonchev–Trinajstić information content (AvgIpc) is 2.98. The molecule has 0 saturated heterocycles. The van der Waals surface area contributed by atoms with E-state index < -0.39 is 6.10 Å². The lowest BCUT2D eigenvalue weighted by Gasteiger charge is -2.18. The molecule has 1 aromatic heterocycles. The molecule has 0 amide bonds. The van der Waals surface area contributed by atoms with Gasteiger partial charge in [-0.05, 0) is 41.8 Å². The molecule has 0 fully saturated rings. The van der Waals surface area contributed by atoms with Gasteiger partial charge in [-0.15, -0.1) is 0 Å². The van der Waals surface area contributed by atoms with Gasteiger partial charge in [0.25, 0.3) is 5.69 Å². The van der Waals surface area contributed by atoms with Crippen LogP contribution in [0.4, 0.5) is 5.69 Å². The normalized spacial score (nSPS) is 13.9. The molecular formula is C15H18N2O3S. The third-order valence-corrected chi connectivity index (χ3v) is 4.26. The largest absolute Gasteiger partial charge is 0.387 e. The second-order valence-corrected chi connectivity index (χ2v) is 5.73. The van der Waals surface area contributed by atoms with Crippen LogP contribution in [0, 0.1) is 17.0 Å². The molecule has 5 nitrogen and oxygen atoms in total. The Labute approximate surface area is 127 Å². The van der Waals surface area contributed by atoms with Crippen molar-refractivity contribution >= 4 is 17.0 Å². The minimum Gasteiger partial charge on any atom is -0.387 e. The monoisotopic (exact) mass is 306 g/mol. The van der Waals surface area contributed by atoms with Crippen molar-refractivity contribution in [1.29, 1.82) is 0 Å². The molecule has 0 bridgehead atoms. The molecule has 2 aromatic rings. The Hall–Kier alpha value is -1.76. The summed E-state index contributed by atoms with van der Waals surface area (Å²) in [6.07, 6.45) is -0.572. The maximum atomic E-state index is 11.0. The van der Waals surface area contributed by atoms with E-state index in [-0.39, 0.29) is 16.7 Å². The fourth-order valence-electron chi connectivity index (χ4n) is 2.29.